The van der Waals surface area contributed by atoms with Crippen molar-refractivity contribution in [1.82, 2.24) is 0 Å². The summed E-state index contributed by atoms with van der Waals surface area (Å²) in [5.74, 6) is -4.67. The molecular formula is C42H24F6N2O10S2. The second-order valence-corrected chi connectivity index (χ2v) is 14.4. The van der Waals surface area contributed by atoms with E-state index in [1.165, 1.54) is 35.0 Å². The van der Waals surface area contributed by atoms with E-state index in [1.807, 2.05) is 0 Å². The Morgan fingerprint density at radius 1 is 0.532 bits per heavy atom. The molecule has 4 aromatic carbocycles. The highest BCUT2D eigenvalue weighted by molar-refractivity contribution is 7.15. The summed E-state index contributed by atoms with van der Waals surface area (Å²) in [6.07, 6.45) is -9.66. The van der Waals surface area contributed by atoms with E-state index in [9.17, 15) is 55.7 Å². The second kappa shape index (κ2) is 17.2. The number of carbonyl (C=O) groups excluding carboxylic acids is 2. The first kappa shape index (κ1) is 42.5. The number of benzene rings is 4. The summed E-state index contributed by atoms with van der Waals surface area (Å²) in [4.78, 5) is 48.8. The third-order valence-corrected chi connectivity index (χ3v) is 10.4. The highest BCUT2D eigenvalue weighted by Crippen LogP contribution is 2.39. The van der Waals surface area contributed by atoms with Crippen LogP contribution in [0.4, 0.5) is 36.3 Å². The molecule has 20 heteroatoms. The third-order valence-electron chi connectivity index (χ3n) is 8.56. The monoisotopic (exact) mass is 894 g/mol. The molecule has 4 N–H and O–H groups in total. The molecule has 0 saturated heterocycles. The van der Waals surface area contributed by atoms with Crippen LogP contribution in [-0.4, -0.2) is 46.7 Å². The van der Waals surface area contributed by atoms with Crippen molar-refractivity contribution in [2.75, 3.05) is 10.6 Å². The van der Waals surface area contributed by atoms with Crippen LogP contribution in [0.2, 0.25) is 0 Å². The molecule has 62 heavy (non-hydrogen) atoms. The maximum atomic E-state index is 12.6. The van der Waals surface area contributed by atoms with Crippen molar-refractivity contribution in [2.45, 2.75) is 12.7 Å². The number of halogens is 6. The van der Waals surface area contributed by atoms with Crippen molar-refractivity contribution in [3.05, 3.63) is 143 Å². The van der Waals surface area contributed by atoms with Gasteiger partial charge in [0, 0.05) is 32.7 Å². The number of para-hydroxylation sites is 2. The van der Waals surface area contributed by atoms with E-state index >= 15 is 0 Å². The van der Waals surface area contributed by atoms with Gasteiger partial charge < -0.3 is 39.2 Å². The van der Waals surface area contributed by atoms with Crippen molar-refractivity contribution < 1.29 is 74.0 Å². The van der Waals surface area contributed by atoms with Gasteiger partial charge in [-0.15, -0.1) is 49.0 Å². The minimum atomic E-state index is -4.83. The van der Waals surface area contributed by atoms with Crippen LogP contribution in [0.5, 0.6) is 11.5 Å². The minimum absolute atomic E-state index is 0.0149. The largest absolute Gasteiger partial charge is 0.573 e. The van der Waals surface area contributed by atoms with Crippen molar-refractivity contribution in [2.24, 2.45) is 0 Å². The number of furan rings is 2. The fourth-order valence-electron chi connectivity index (χ4n) is 5.94. The molecule has 4 aromatic heterocycles. The Kier molecular flexibility index (Phi) is 11.8. The van der Waals surface area contributed by atoms with Crippen LogP contribution in [0.25, 0.3) is 44.2 Å². The molecule has 4 heterocycles. The zero-order valence-corrected chi connectivity index (χ0v) is 32.4. The molecule has 8 aromatic rings. The standard InChI is InChI=1S/2C21H12F3NO5S/c2*22-21(23,24)30-13-7-5-11(6-8-13)14-10-31-19(17(14)20(27)28)25-18(26)16-9-12-3-1-2-4-15(12)29-16/h2*1-10H,(H,25,26)(H,27,28). The SMILES string of the molecule is O=C(Nc1scc(-c2ccc(OC(F)(F)F)cc2)c1C(=O)O)c1cc2ccccc2o1.O=C(Nc1scc(-c2ccc(OC(F)(F)F)cc2)c1C(=O)O)c1cc2ccccc2o1. The van der Waals surface area contributed by atoms with Crippen LogP contribution < -0.4 is 20.1 Å². The van der Waals surface area contributed by atoms with E-state index in [0.717, 1.165) is 57.7 Å². The number of carboxylic acids is 2. The molecule has 0 spiro atoms. The summed E-state index contributed by atoms with van der Waals surface area (Å²) in [6.45, 7) is 0. The Balaban J connectivity index is 0.000000186. The summed E-state index contributed by atoms with van der Waals surface area (Å²) in [6, 6.07) is 26.7. The smallest absolute Gasteiger partial charge is 0.478 e. The van der Waals surface area contributed by atoms with Gasteiger partial charge in [0.1, 0.15) is 43.8 Å². The zero-order valence-electron chi connectivity index (χ0n) is 30.8. The number of thiophene rings is 2. The maximum absolute atomic E-state index is 12.6. The highest BCUT2D eigenvalue weighted by atomic mass is 32.1. The number of hydrogen-bond acceptors (Lipinski definition) is 10. The molecule has 0 unspecified atom stereocenters. The van der Waals surface area contributed by atoms with Gasteiger partial charge in [-0.3, -0.25) is 9.59 Å². The Bertz CT molecular complexity index is 2680. The topological polar surface area (TPSA) is 178 Å². The Hall–Kier alpha value is -7.58. The van der Waals surface area contributed by atoms with Crippen LogP contribution in [0, 0.1) is 0 Å². The average molecular weight is 895 g/mol. The van der Waals surface area contributed by atoms with Crippen molar-refractivity contribution in [3.63, 3.8) is 0 Å². The number of aromatic carboxylic acids is 2. The number of carbonyl (C=O) groups is 4. The molecule has 0 aliphatic heterocycles. The van der Waals surface area contributed by atoms with Gasteiger partial charge >= 0.3 is 24.7 Å². The molecule has 12 nitrogen and oxygen atoms in total. The van der Waals surface area contributed by atoms with Gasteiger partial charge in [0.25, 0.3) is 11.8 Å². The van der Waals surface area contributed by atoms with E-state index in [0.29, 0.717) is 22.3 Å². The molecule has 0 radical (unpaired) electrons. The van der Waals surface area contributed by atoms with E-state index in [2.05, 4.69) is 20.1 Å². The fraction of sp³-hybridized carbons (Fsp3) is 0.0476. The number of fused-ring (bicyclic) bond motifs is 2. The lowest BCUT2D eigenvalue weighted by atomic mass is 10.0. The molecule has 8 rings (SSSR count). The van der Waals surface area contributed by atoms with Crippen molar-refractivity contribution in [1.29, 1.82) is 0 Å². The van der Waals surface area contributed by atoms with Crippen LogP contribution in [0.3, 0.4) is 0 Å². The quantitative estimate of drug-likeness (QED) is 0.0966. The van der Waals surface area contributed by atoms with Crippen LogP contribution in [0.1, 0.15) is 41.8 Å². The highest BCUT2D eigenvalue weighted by Gasteiger charge is 2.32. The molecule has 0 aliphatic carbocycles. The summed E-state index contributed by atoms with van der Waals surface area (Å²) in [5.41, 5.74) is 1.86. The van der Waals surface area contributed by atoms with Crippen LogP contribution in [0.15, 0.2) is 129 Å². The lowest BCUT2D eigenvalue weighted by molar-refractivity contribution is -0.275. The molecule has 316 valence electrons. The predicted octanol–water partition coefficient (Wildman–Crippen LogP) is 12.0. The molecule has 0 bridgehead atoms. The molecule has 0 fully saturated rings. The summed E-state index contributed by atoms with van der Waals surface area (Å²) in [5, 5.41) is 29.0. The van der Waals surface area contributed by atoms with E-state index in [4.69, 9.17) is 8.83 Å². The molecule has 0 atom stereocenters. The number of amides is 2. The molecule has 0 aliphatic rings. The normalized spacial score (nSPS) is 11.5. The maximum Gasteiger partial charge on any atom is 0.573 e. The van der Waals surface area contributed by atoms with Crippen LogP contribution in [-0.2, 0) is 0 Å². The Morgan fingerprint density at radius 2 is 0.887 bits per heavy atom. The van der Waals surface area contributed by atoms with Crippen LogP contribution >= 0.6 is 22.7 Å². The molecular weight excluding hydrogens is 871 g/mol. The minimum Gasteiger partial charge on any atom is -0.478 e. The van der Waals surface area contributed by atoms with Gasteiger partial charge in [-0.25, -0.2) is 9.59 Å². The molecule has 2 amide bonds. The number of ether oxygens (including phenoxy) is 2. The third kappa shape index (κ3) is 9.88. The Morgan fingerprint density at radius 3 is 1.21 bits per heavy atom. The first-order valence-electron chi connectivity index (χ1n) is 17.4. The number of alkyl halides is 6. The summed E-state index contributed by atoms with van der Waals surface area (Å²) < 4.78 is 92.5. The van der Waals surface area contributed by atoms with Gasteiger partial charge in [0.15, 0.2) is 11.5 Å². The van der Waals surface area contributed by atoms with E-state index in [-0.39, 0.29) is 43.8 Å². The fourth-order valence-corrected chi connectivity index (χ4v) is 7.85. The first-order chi connectivity index (χ1) is 29.4. The number of nitrogens with one attached hydrogen (secondary N) is 2. The van der Waals surface area contributed by atoms with Gasteiger partial charge in [0.2, 0.25) is 0 Å². The van der Waals surface area contributed by atoms with Crippen molar-refractivity contribution >= 4 is 78.4 Å². The molecule has 0 saturated carbocycles. The van der Waals surface area contributed by atoms with Crippen molar-refractivity contribution in [3.8, 4) is 33.8 Å². The first-order valence-corrected chi connectivity index (χ1v) is 19.2. The number of carboxylic acid groups (broad SMARTS) is 2. The predicted molar refractivity (Wildman–Crippen MR) is 215 cm³/mol. The number of rotatable bonds is 10. The lowest BCUT2D eigenvalue weighted by Gasteiger charge is -2.09. The average Bonchev–Trinajstić information content (AvgIpc) is 4.02. The summed E-state index contributed by atoms with van der Waals surface area (Å²) >= 11 is 1.96. The number of anilines is 2. The van der Waals surface area contributed by atoms with Gasteiger partial charge in [0.05, 0.1) is 0 Å². The second-order valence-electron chi connectivity index (χ2n) is 12.7. The van der Waals surface area contributed by atoms with E-state index < -0.39 is 48.0 Å². The van der Waals surface area contributed by atoms with Gasteiger partial charge in [-0.2, -0.15) is 0 Å². The van der Waals surface area contributed by atoms with E-state index in [1.54, 1.807) is 60.7 Å². The summed E-state index contributed by atoms with van der Waals surface area (Å²) in [7, 11) is 0. The van der Waals surface area contributed by atoms with Gasteiger partial charge in [-0.05, 0) is 59.7 Å². The zero-order chi connectivity index (χ0) is 44.3. The Labute approximate surface area is 351 Å². The lowest BCUT2D eigenvalue weighted by Crippen LogP contribution is -2.17. The van der Waals surface area contributed by atoms with Gasteiger partial charge in [-0.1, -0.05) is 60.7 Å². The number of hydrogen-bond donors (Lipinski definition) is 4.